The summed E-state index contributed by atoms with van der Waals surface area (Å²) in [6.07, 6.45) is -32.6. The third kappa shape index (κ3) is 11.1. The normalized spacial score (nSPS) is 12.9. The van der Waals surface area contributed by atoms with E-state index in [9.17, 15) is 93.4 Å². The molecule has 0 radical (unpaired) electrons. The van der Waals surface area contributed by atoms with Crippen LogP contribution in [0.15, 0.2) is 72.8 Å². The highest BCUT2D eigenvalue weighted by Crippen LogP contribution is 2.40. The van der Waals surface area contributed by atoms with E-state index in [4.69, 9.17) is 0 Å². The average Bonchev–Trinajstić information content (AvgIpc) is 3.05. The van der Waals surface area contributed by atoms with Gasteiger partial charge in [-0.3, -0.25) is 14.4 Å². The second-order valence-electron chi connectivity index (χ2n) is 11.5. The van der Waals surface area contributed by atoms with Crippen molar-refractivity contribution in [3.63, 3.8) is 0 Å². The maximum atomic E-state index is 13.4. The Bertz CT molecular complexity index is 1860. The lowest BCUT2D eigenvalue weighted by atomic mass is 10.0. The molecule has 24 heteroatoms. The van der Waals surface area contributed by atoms with Gasteiger partial charge in [0.25, 0.3) is 17.7 Å². The van der Waals surface area contributed by atoms with E-state index in [1.165, 1.54) is 0 Å². The van der Waals surface area contributed by atoms with Crippen LogP contribution in [0, 0.1) is 0 Å². The van der Waals surface area contributed by atoms with E-state index in [1.807, 2.05) is 0 Å². The molecule has 4 aromatic carbocycles. The maximum Gasteiger partial charge on any atom is 0.416 e. The SMILES string of the molecule is O=C(Nc1cc(C(F)(F)F)cc(C(F)(F)F)c1)c1cc(C(=O)Nc2cc(C(F)(F)F)cc(C(F)(F)F)c2)cc(C(=O)Nc2cc(C(F)(F)F)cc(C(F)(F)F)c2)c1. The zero-order valence-electron chi connectivity index (χ0n) is 27.0. The molecule has 6 nitrogen and oxygen atoms in total. The minimum atomic E-state index is -5.44. The van der Waals surface area contributed by atoms with E-state index in [2.05, 4.69) is 0 Å². The van der Waals surface area contributed by atoms with Crippen molar-refractivity contribution >= 4 is 34.8 Å². The van der Waals surface area contributed by atoms with Crippen molar-refractivity contribution in [2.45, 2.75) is 37.1 Å². The van der Waals surface area contributed by atoms with E-state index in [0.29, 0.717) is 18.2 Å². The van der Waals surface area contributed by atoms with Crippen molar-refractivity contribution in [2.24, 2.45) is 0 Å². The van der Waals surface area contributed by atoms with Crippen LogP contribution in [0.25, 0.3) is 0 Å². The molecule has 0 bridgehead atoms. The molecule has 3 N–H and O–H groups in total. The largest absolute Gasteiger partial charge is 0.416 e. The van der Waals surface area contributed by atoms with E-state index < -0.39 is 122 Å². The summed E-state index contributed by atoms with van der Waals surface area (Å²) in [4.78, 5) is 39.6. The minimum absolute atomic E-state index is 0.00899. The van der Waals surface area contributed by atoms with Crippen LogP contribution < -0.4 is 16.0 Å². The quantitative estimate of drug-likeness (QED) is 0.169. The first-order valence-electron chi connectivity index (χ1n) is 14.7. The van der Waals surface area contributed by atoms with Gasteiger partial charge >= 0.3 is 37.1 Å². The van der Waals surface area contributed by atoms with Gasteiger partial charge in [0, 0.05) is 33.8 Å². The van der Waals surface area contributed by atoms with Crippen molar-refractivity contribution in [3.05, 3.63) is 123 Å². The van der Waals surface area contributed by atoms with Gasteiger partial charge in [0.05, 0.1) is 33.4 Å². The highest BCUT2D eigenvalue weighted by atomic mass is 19.4. The van der Waals surface area contributed by atoms with E-state index in [-0.39, 0.29) is 54.6 Å². The summed E-state index contributed by atoms with van der Waals surface area (Å²) in [5.74, 6) is -5.24. The van der Waals surface area contributed by atoms with Crippen LogP contribution in [0.2, 0.25) is 0 Å². The van der Waals surface area contributed by atoms with Crippen LogP contribution in [0.3, 0.4) is 0 Å². The Kier molecular flexibility index (Phi) is 11.4. The number of benzene rings is 4. The Morgan fingerprint density at radius 1 is 0.281 bits per heavy atom. The Balaban J connectivity index is 1.85. The van der Waals surface area contributed by atoms with Crippen LogP contribution in [0.5, 0.6) is 0 Å². The first-order chi connectivity index (χ1) is 25.7. The smallest absolute Gasteiger partial charge is 0.322 e. The number of carbonyl (C=O) groups is 3. The number of rotatable bonds is 6. The zero-order valence-corrected chi connectivity index (χ0v) is 27.0. The van der Waals surface area contributed by atoms with Gasteiger partial charge in [-0.2, -0.15) is 79.0 Å². The fraction of sp³-hybridized carbons (Fsp3) is 0.182. The van der Waals surface area contributed by atoms with Gasteiger partial charge in [0.1, 0.15) is 0 Å². The summed E-state index contributed by atoms with van der Waals surface area (Å²) < 4.78 is 241. The van der Waals surface area contributed by atoms with Gasteiger partial charge in [-0.15, -0.1) is 0 Å². The Hall–Kier alpha value is -5.97. The van der Waals surface area contributed by atoms with Crippen molar-refractivity contribution in [2.75, 3.05) is 16.0 Å². The van der Waals surface area contributed by atoms with Crippen molar-refractivity contribution in [1.82, 2.24) is 0 Å². The molecular formula is C33H15F18N3O3. The predicted molar refractivity (Wildman–Crippen MR) is 160 cm³/mol. The molecule has 3 amide bonds. The van der Waals surface area contributed by atoms with E-state index in [1.54, 1.807) is 16.0 Å². The number of hydrogen-bond donors (Lipinski definition) is 3. The molecule has 306 valence electrons. The number of nitrogens with one attached hydrogen (secondary N) is 3. The number of alkyl halides is 18. The third-order valence-corrected chi connectivity index (χ3v) is 7.26. The molecule has 0 saturated heterocycles. The molecule has 4 aromatic rings. The molecule has 0 unspecified atom stereocenters. The molecule has 57 heavy (non-hydrogen) atoms. The molecule has 0 aliphatic carbocycles. The lowest BCUT2D eigenvalue weighted by Crippen LogP contribution is -2.21. The molecular weight excluding hydrogens is 828 g/mol. The van der Waals surface area contributed by atoms with Crippen molar-refractivity contribution < 1.29 is 93.4 Å². The first-order valence-corrected chi connectivity index (χ1v) is 14.7. The molecule has 4 rings (SSSR count). The highest BCUT2D eigenvalue weighted by molar-refractivity contribution is 6.13. The summed E-state index contributed by atoms with van der Waals surface area (Å²) in [7, 11) is 0. The molecule has 0 saturated carbocycles. The fourth-order valence-corrected chi connectivity index (χ4v) is 4.71. The summed E-state index contributed by atoms with van der Waals surface area (Å²) in [5.41, 5.74) is -18.6. The van der Waals surface area contributed by atoms with Gasteiger partial charge < -0.3 is 16.0 Å². The molecule has 0 aromatic heterocycles. The van der Waals surface area contributed by atoms with Gasteiger partial charge in [0.15, 0.2) is 0 Å². The monoisotopic (exact) mass is 843 g/mol. The molecule has 0 aliphatic rings. The van der Waals surface area contributed by atoms with Crippen molar-refractivity contribution in [1.29, 1.82) is 0 Å². The van der Waals surface area contributed by atoms with Crippen LogP contribution in [-0.2, 0) is 37.1 Å². The number of halogens is 18. The van der Waals surface area contributed by atoms with Gasteiger partial charge in [-0.25, -0.2) is 0 Å². The van der Waals surface area contributed by atoms with Gasteiger partial charge in [0.2, 0.25) is 0 Å². The molecule has 0 fully saturated rings. The Morgan fingerprint density at radius 2 is 0.439 bits per heavy atom. The Labute approximate surface area is 304 Å². The van der Waals surface area contributed by atoms with Crippen LogP contribution in [0.4, 0.5) is 96.1 Å². The third-order valence-electron chi connectivity index (χ3n) is 7.26. The van der Waals surface area contributed by atoms with Crippen LogP contribution in [-0.4, -0.2) is 17.7 Å². The first kappa shape index (κ1) is 43.8. The van der Waals surface area contributed by atoms with Gasteiger partial charge in [-0.05, 0) is 72.8 Å². The van der Waals surface area contributed by atoms with Crippen LogP contribution in [0.1, 0.15) is 64.5 Å². The molecule has 0 atom stereocenters. The van der Waals surface area contributed by atoms with Crippen LogP contribution >= 0.6 is 0 Å². The molecule has 0 spiro atoms. The molecule has 0 heterocycles. The fourth-order valence-electron chi connectivity index (χ4n) is 4.71. The summed E-state index contributed by atoms with van der Waals surface area (Å²) >= 11 is 0. The van der Waals surface area contributed by atoms with Crippen molar-refractivity contribution in [3.8, 4) is 0 Å². The zero-order chi connectivity index (χ0) is 43.3. The summed E-state index contributed by atoms with van der Waals surface area (Å²) in [6, 6.07) is 0.188. The van der Waals surface area contributed by atoms with Gasteiger partial charge in [-0.1, -0.05) is 0 Å². The topological polar surface area (TPSA) is 87.3 Å². The number of carbonyl (C=O) groups excluding carboxylic acids is 3. The standard InChI is InChI=1S/C33H15F18N3O3/c34-28(35,36)16-4-17(29(37,38)39)8-22(7-16)52-25(55)13-1-14(26(56)53-23-9-18(30(40,41)42)5-19(10-23)31(43,44)45)3-15(2-13)27(57)54-24-11-20(32(46,47)48)6-21(12-24)33(49,50)51/h1-12H,(H,52,55)(H,53,56)(H,54,57). The number of amides is 3. The highest BCUT2D eigenvalue weighted by Gasteiger charge is 2.40. The predicted octanol–water partition coefficient (Wildman–Crippen LogP) is 11.6. The average molecular weight is 843 g/mol. The number of anilines is 3. The van der Waals surface area contributed by atoms with E-state index in [0.717, 1.165) is 0 Å². The maximum absolute atomic E-state index is 13.4. The number of hydrogen-bond acceptors (Lipinski definition) is 3. The lowest BCUT2D eigenvalue weighted by Gasteiger charge is -2.17. The second-order valence-corrected chi connectivity index (χ2v) is 11.5. The Morgan fingerprint density at radius 3 is 0.579 bits per heavy atom. The molecule has 0 aliphatic heterocycles. The minimum Gasteiger partial charge on any atom is -0.322 e. The summed E-state index contributed by atoms with van der Waals surface area (Å²) in [6.45, 7) is 0. The second kappa shape index (κ2) is 14.8. The van der Waals surface area contributed by atoms with E-state index >= 15 is 0 Å². The lowest BCUT2D eigenvalue weighted by molar-refractivity contribution is -0.144. The summed E-state index contributed by atoms with van der Waals surface area (Å²) in [5, 5.41) is 4.83.